The number of methoxy groups -OCH3 is 1. The number of pyridine rings is 1. The van der Waals surface area contributed by atoms with E-state index in [2.05, 4.69) is 26.0 Å². The molecule has 0 atom stereocenters. The number of piperazine rings is 1. The van der Waals surface area contributed by atoms with E-state index in [-0.39, 0.29) is 46.2 Å². The first-order valence-electron chi connectivity index (χ1n) is 17.8. The molecule has 0 unspecified atom stereocenters. The zero-order valence-electron chi connectivity index (χ0n) is 30.1. The molecule has 14 heteroatoms. The second-order valence-electron chi connectivity index (χ2n) is 12.9. The molecule has 1 aromatic heterocycles. The molecule has 12 nitrogen and oxygen atoms in total. The topological polar surface area (TPSA) is 139 Å². The monoisotopic (exact) mass is 749 g/mol. The summed E-state index contributed by atoms with van der Waals surface area (Å²) >= 11 is 0. The zero-order valence-corrected chi connectivity index (χ0v) is 30.1. The van der Waals surface area contributed by atoms with Gasteiger partial charge in [0.2, 0.25) is 0 Å². The number of rotatable bonds is 12. The van der Waals surface area contributed by atoms with E-state index in [0.717, 1.165) is 30.5 Å². The van der Waals surface area contributed by atoms with Crippen LogP contribution in [0.15, 0.2) is 115 Å². The number of benzene rings is 4. The van der Waals surface area contributed by atoms with Crippen LogP contribution in [0.4, 0.5) is 42.1 Å². The minimum absolute atomic E-state index is 0.0391. The van der Waals surface area contributed by atoms with Crippen molar-refractivity contribution < 1.29 is 33.1 Å². The van der Waals surface area contributed by atoms with Crippen molar-refractivity contribution in [3.8, 4) is 5.75 Å². The maximum atomic E-state index is 14.4. The second kappa shape index (κ2) is 18.1. The summed E-state index contributed by atoms with van der Waals surface area (Å²) in [5.41, 5.74) is 5.03. The number of anilines is 5. The van der Waals surface area contributed by atoms with Gasteiger partial charge in [-0.1, -0.05) is 42.5 Å². The van der Waals surface area contributed by atoms with Crippen molar-refractivity contribution in [1.82, 2.24) is 14.8 Å². The van der Waals surface area contributed by atoms with E-state index < -0.39 is 17.8 Å². The lowest BCUT2D eigenvalue weighted by molar-refractivity contribution is -0.133. The summed E-state index contributed by atoms with van der Waals surface area (Å²) in [6, 6.07) is 28.7. The maximum Gasteiger partial charge on any atom is 0.330 e. The minimum Gasteiger partial charge on any atom is -0.495 e. The highest BCUT2D eigenvalue weighted by Crippen LogP contribution is 2.36. The Morgan fingerprint density at radius 1 is 0.800 bits per heavy atom. The molecule has 284 valence electrons. The zero-order chi connectivity index (χ0) is 38.7. The Bertz CT molecular complexity index is 2030. The number of ether oxygens (including phenoxy) is 1. The van der Waals surface area contributed by atoms with Gasteiger partial charge in [0.25, 0.3) is 0 Å². The molecule has 4 N–H and O–H groups in total. The Hall–Kier alpha value is -6.38. The largest absolute Gasteiger partial charge is 0.495 e. The minimum atomic E-state index is -0.953. The van der Waals surface area contributed by atoms with Crippen LogP contribution in [0.2, 0.25) is 0 Å². The van der Waals surface area contributed by atoms with E-state index in [4.69, 9.17) is 4.74 Å². The standard InChI is InChI=1S/C41H41F2N7O5/c1-55-37-20-19-33(27-36(37)46-40(52)39(51)45-32-7-3-2-4-8-32)50(38-35(47-54)10-5-21-44-38)41(53)49-25-23-48(24-26-49)22-6-9-34(28-11-15-30(42)16-12-28)29-13-17-31(43)18-14-29/h2-5,7-8,10-21,27,34,47,54H,6,9,22-26H2,1H3,(H,45,51)(H,46,52). The quantitative estimate of drug-likeness (QED) is 0.0774. The van der Waals surface area contributed by atoms with E-state index >= 15 is 0 Å². The molecule has 1 fully saturated rings. The normalized spacial score (nSPS) is 12.9. The molecule has 0 aliphatic carbocycles. The lowest BCUT2D eigenvalue weighted by Crippen LogP contribution is -2.52. The first kappa shape index (κ1) is 38.3. The number of hydrogen-bond donors (Lipinski definition) is 4. The number of hydrogen-bond acceptors (Lipinski definition) is 8. The predicted molar refractivity (Wildman–Crippen MR) is 206 cm³/mol. The molecule has 2 heterocycles. The number of halogens is 2. The smallest absolute Gasteiger partial charge is 0.330 e. The van der Waals surface area contributed by atoms with Gasteiger partial charge in [-0.25, -0.2) is 23.5 Å². The Labute approximate surface area is 317 Å². The summed E-state index contributed by atoms with van der Waals surface area (Å²) < 4.78 is 32.9. The van der Waals surface area contributed by atoms with Crippen molar-refractivity contribution in [3.05, 3.63) is 138 Å². The van der Waals surface area contributed by atoms with Crippen molar-refractivity contribution in [1.29, 1.82) is 0 Å². The number of aromatic nitrogens is 1. The van der Waals surface area contributed by atoms with Crippen LogP contribution in [0.3, 0.4) is 0 Å². The molecule has 1 saturated heterocycles. The number of nitrogens with zero attached hydrogens (tertiary/aromatic N) is 4. The summed E-state index contributed by atoms with van der Waals surface area (Å²) in [6.07, 6.45) is 3.05. The second-order valence-corrected chi connectivity index (χ2v) is 12.9. The Kier molecular flexibility index (Phi) is 12.6. The molecule has 5 aromatic rings. The molecular formula is C41H41F2N7O5. The lowest BCUT2D eigenvalue weighted by atomic mass is 9.87. The van der Waals surface area contributed by atoms with Crippen LogP contribution in [0.25, 0.3) is 0 Å². The van der Waals surface area contributed by atoms with Gasteiger partial charge in [0.05, 0.1) is 18.5 Å². The molecule has 0 spiro atoms. The third-order valence-corrected chi connectivity index (χ3v) is 9.39. The molecule has 0 saturated carbocycles. The van der Waals surface area contributed by atoms with Crippen molar-refractivity contribution >= 4 is 46.4 Å². The lowest BCUT2D eigenvalue weighted by Gasteiger charge is -2.37. The van der Waals surface area contributed by atoms with Crippen LogP contribution < -0.4 is 25.8 Å². The fraction of sp³-hybridized carbons (Fsp3) is 0.220. The Balaban J connectivity index is 1.15. The molecule has 4 aromatic carbocycles. The number of para-hydroxylation sites is 1. The average Bonchev–Trinajstić information content (AvgIpc) is 3.21. The van der Waals surface area contributed by atoms with E-state index in [1.54, 1.807) is 83.8 Å². The van der Waals surface area contributed by atoms with Crippen molar-refractivity contribution in [2.75, 3.05) is 60.8 Å². The van der Waals surface area contributed by atoms with Gasteiger partial charge in [0.1, 0.15) is 23.1 Å². The van der Waals surface area contributed by atoms with Gasteiger partial charge < -0.3 is 20.3 Å². The highest BCUT2D eigenvalue weighted by Gasteiger charge is 2.31. The van der Waals surface area contributed by atoms with Crippen LogP contribution in [-0.2, 0) is 9.59 Å². The number of nitrogens with one attached hydrogen (secondary N) is 3. The Morgan fingerprint density at radius 2 is 1.44 bits per heavy atom. The third-order valence-electron chi connectivity index (χ3n) is 9.39. The van der Waals surface area contributed by atoms with Gasteiger partial charge in [-0.15, -0.1) is 0 Å². The summed E-state index contributed by atoms with van der Waals surface area (Å²) in [5.74, 6) is -2.18. The summed E-state index contributed by atoms with van der Waals surface area (Å²) in [7, 11) is 1.41. The molecule has 1 aliphatic rings. The summed E-state index contributed by atoms with van der Waals surface area (Å²) in [4.78, 5) is 49.8. The third kappa shape index (κ3) is 9.60. The number of carbonyl (C=O) groups is 3. The van der Waals surface area contributed by atoms with Crippen molar-refractivity contribution in [3.63, 3.8) is 0 Å². The molecule has 4 amide bonds. The molecule has 1 aliphatic heterocycles. The van der Waals surface area contributed by atoms with Crippen LogP contribution >= 0.6 is 0 Å². The molecule has 0 radical (unpaired) electrons. The highest BCUT2D eigenvalue weighted by molar-refractivity contribution is 6.43. The molecule has 6 rings (SSSR count). The van der Waals surface area contributed by atoms with Crippen molar-refractivity contribution in [2.45, 2.75) is 18.8 Å². The van der Waals surface area contributed by atoms with E-state index in [1.165, 1.54) is 48.5 Å². The predicted octanol–water partition coefficient (Wildman–Crippen LogP) is 7.23. The number of carbonyl (C=O) groups excluding carboxylic acids is 3. The summed E-state index contributed by atoms with van der Waals surface area (Å²) in [5, 5.41) is 15.1. The van der Waals surface area contributed by atoms with Gasteiger partial charge in [-0.2, -0.15) is 0 Å². The van der Waals surface area contributed by atoms with Crippen LogP contribution in [0.1, 0.15) is 29.9 Å². The van der Waals surface area contributed by atoms with Gasteiger partial charge in [0.15, 0.2) is 5.82 Å². The van der Waals surface area contributed by atoms with Gasteiger partial charge in [-0.05, 0) is 97.2 Å². The first-order chi connectivity index (χ1) is 26.7. The number of urea groups is 1. The number of amides is 4. The fourth-order valence-electron chi connectivity index (χ4n) is 6.55. The molecule has 0 bridgehead atoms. The van der Waals surface area contributed by atoms with Crippen LogP contribution in [-0.4, -0.2) is 77.7 Å². The SMILES string of the molecule is COc1ccc(N(C(=O)N2CCN(CCCC(c3ccc(F)cc3)c3ccc(F)cc3)CC2)c2ncccc2NO)cc1NC(=O)C(=O)Nc1ccccc1. The van der Waals surface area contributed by atoms with Crippen LogP contribution in [0, 0.1) is 11.6 Å². The first-order valence-corrected chi connectivity index (χ1v) is 17.8. The van der Waals surface area contributed by atoms with Crippen LogP contribution in [0.5, 0.6) is 5.75 Å². The average molecular weight is 750 g/mol. The molecule has 55 heavy (non-hydrogen) atoms. The van der Waals surface area contributed by atoms with Crippen molar-refractivity contribution in [2.24, 2.45) is 0 Å². The van der Waals surface area contributed by atoms with Gasteiger partial charge in [0, 0.05) is 44.0 Å². The van der Waals surface area contributed by atoms with Gasteiger partial charge in [-0.3, -0.25) is 25.2 Å². The van der Waals surface area contributed by atoms with E-state index in [0.29, 0.717) is 31.9 Å². The van der Waals surface area contributed by atoms with E-state index in [9.17, 15) is 28.4 Å². The Morgan fingerprint density at radius 3 is 2.05 bits per heavy atom. The van der Waals surface area contributed by atoms with E-state index in [1.807, 2.05) is 0 Å². The maximum absolute atomic E-state index is 14.4. The van der Waals surface area contributed by atoms with Gasteiger partial charge >= 0.3 is 17.8 Å². The highest BCUT2D eigenvalue weighted by atomic mass is 19.1. The summed E-state index contributed by atoms with van der Waals surface area (Å²) in [6.45, 7) is 2.71. The fourth-order valence-corrected chi connectivity index (χ4v) is 6.55. The molecular weight excluding hydrogens is 708 g/mol.